The summed E-state index contributed by atoms with van der Waals surface area (Å²) in [6, 6.07) is 10.3. The topological polar surface area (TPSA) is 71.8 Å². The highest BCUT2D eigenvalue weighted by molar-refractivity contribution is 5.67. The quantitative estimate of drug-likeness (QED) is 0.511. The summed E-state index contributed by atoms with van der Waals surface area (Å²) in [5, 5.41) is 6.33. The second-order valence-electron chi connectivity index (χ2n) is 8.28. The van der Waals surface area contributed by atoms with Crippen LogP contribution in [0.15, 0.2) is 42.5 Å². The molecule has 0 aliphatic carbocycles. The molecule has 188 valence electrons. The number of rotatable bonds is 4. The fraction of sp³-hybridized carbons (Fsp3) is 0.409. The number of piperidine rings is 1. The predicted molar refractivity (Wildman–Crippen MR) is 113 cm³/mol. The summed E-state index contributed by atoms with van der Waals surface area (Å²) in [5.74, 6) is -0.275. The van der Waals surface area contributed by atoms with Crippen molar-refractivity contribution in [1.82, 2.24) is 19.5 Å². The van der Waals surface area contributed by atoms with E-state index in [1.165, 1.54) is 12.0 Å². The van der Waals surface area contributed by atoms with E-state index in [9.17, 15) is 31.1 Å². The standard InChI is InChI=1S/C22H21F6N5O2/c1-35-19(34)32-9-7-20(8-10-32,14-5-3-2-4-6-14)13-29-17-11-15(21(23,24)25)30-18-12-16(22(26,27)28)31-33(17)18/h2-6,11-12,29H,7-10,13H2,1H3. The highest BCUT2D eigenvalue weighted by Crippen LogP contribution is 2.37. The number of methoxy groups -OCH3 is 1. The average molecular weight is 501 g/mol. The molecule has 13 heteroatoms. The lowest BCUT2D eigenvalue weighted by Crippen LogP contribution is -2.48. The molecule has 0 saturated carbocycles. The van der Waals surface area contributed by atoms with E-state index in [1.54, 1.807) is 0 Å². The van der Waals surface area contributed by atoms with Crippen molar-refractivity contribution in [3.05, 3.63) is 59.4 Å². The molecule has 0 unspecified atom stereocenters. The number of halogens is 6. The van der Waals surface area contributed by atoms with Crippen LogP contribution in [0.2, 0.25) is 0 Å². The van der Waals surface area contributed by atoms with Crippen LogP contribution in [-0.2, 0) is 22.5 Å². The Hall–Kier alpha value is -3.51. The number of hydrogen-bond acceptors (Lipinski definition) is 5. The van der Waals surface area contributed by atoms with E-state index in [-0.39, 0.29) is 12.4 Å². The Balaban J connectivity index is 1.71. The summed E-state index contributed by atoms with van der Waals surface area (Å²) < 4.78 is 85.4. The fourth-order valence-corrected chi connectivity index (χ4v) is 4.25. The van der Waals surface area contributed by atoms with Crippen LogP contribution < -0.4 is 5.32 Å². The lowest BCUT2D eigenvalue weighted by molar-refractivity contribution is -0.142. The molecule has 3 aromatic rings. The maximum absolute atomic E-state index is 13.4. The van der Waals surface area contributed by atoms with E-state index in [4.69, 9.17) is 4.74 Å². The number of hydrogen-bond donors (Lipinski definition) is 1. The summed E-state index contributed by atoms with van der Waals surface area (Å²) in [7, 11) is 1.27. The predicted octanol–water partition coefficient (Wildman–Crippen LogP) is 4.98. The van der Waals surface area contributed by atoms with E-state index in [0.717, 1.165) is 10.1 Å². The molecule has 0 atom stereocenters. The van der Waals surface area contributed by atoms with Crippen molar-refractivity contribution >= 4 is 17.6 Å². The number of nitrogens with one attached hydrogen (secondary N) is 1. The first-order valence-electron chi connectivity index (χ1n) is 10.6. The number of carbonyl (C=O) groups is 1. The second kappa shape index (κ2) is 8.93. The number of benzene rings is 1. The summed E-state index contributed by atoms with van der Waals surface area (Å²) in [6.07, 6.45) is -9.31. The number of fused-ring (bicyclic) bond motifs is 1. The molecule has 0 spiro atoms. The van der Waals surface area contributed by atoms with Crippen molar-refractivity contribution in [2.45, 2.75) is 30.6 Å². The third-order valence-corrected chi connectivity index (χ3v) is 6.16. The fourth-order valence-electron chi connectivity index (χ4n) is 4.25. The lowest BCUT2D eigenvalue weighted by atomic mass is 9.72. The molecule has 2 aromatic heterocycles. The van der Waals surface area contributed by atoms with Gasteiger partial charge in [-0.2, -0.15) is 36.0 Å². The number of ether oxygens (including phenoxy) is 1. The summed E-state index contributed by atoms with van der Waals surface area (Å²) in [6.45, 7) is 0.759. The van der Waals surface area contributed by atoms with E-state index in [0.29, 0.717) is 38.1 Å². The molecule has 1 aromatic carbocycles. The maximum Gasteiger partial charge on any atom is 0.435 e. The van der Waals surface area contributed by atoms with Crippen molar-refractivity contribution in [1.29, 1.82) is 0 Å². The van der Waals surface area contributed by atoms with Crippen LogP contribution in [-0.4, -0.2) is 52.3 Å². The molecule has 1 saturated heterocycles. The monoisotopic (exact) mass is 501 g/mol. The number of aromatic nitrogens is 3. The summed E-state index contributed by atoms with van der Waals surface area (Å²) in [5.41, 5.74) is -2.99. The van der Waals surface area contributed by atoms with Gasteiger partial charge < -0.3 is 15.0 Å². The number of carbonyl (C=O) groups excluding carboxylic acids is 1. The van der Waals surface area contributed by atoms with Crippen molar-refractivity contribution in [3.63, 3.8) is 0 Å². The minimum atomic E-state index is -4.87. The van der Waals surface area contributed by atoms with Gasteiger partial charge in [-0.25, -0.2) is 9.78 Å². The molecule has 1 aliphatic rings. The molecular formula is C22H21F6N5O2. The minimum absolute atomic E-state index is 0.0870. The van der Waals surface area contributed by atoms with Gasteiger partial charge in [0.15, 0.2) is 17.0 Å². The van der Waals surface area contributed by atoms with Crippen molar-refractivity contribution in [2.75, 3.05) is 32.1 Å². The smallest absolute Gasteiger partial charge is 0.435 e. The molecule has 1 N–H and O–H groups in total. The Kier molecular flexibility index (Phi) is 6.28. The van der Waals surface area contributed by atoms with Crippen molar-refractivity contribution < 1.29 is 35.9 Å². The second-order valence-corrected chi connectivity index (χ2v) is 8.28. The molecule has 1 aliphatic heterocycles. The van der Waals surface area contributed by atoms with Gasteiger partial charge in [0.2, 0.25) is 0 Å². The van der Waals surface area contributed by atoms with E-state index >= 15 is 0 Å². The van der Waals surface area contributed by atoms with Gasteiger partial charge in [-0.15, -0.1) is 0 Å². The largest absolute Gasteiger partial charge is 0.453 e. The third kappa shape index (κ3) is 4.98. The van der Waals surface area contributed by atoms with Crippen LogP contribution in [0.1, 0.15) is 29.8 Å². The van der Waals surface area contributed by atoms with Crippen LogP contribution in [0.5, 0.6) is 0 Å². The van der Waals surface area contributed by atoms with Crippen LogP contribution in [0.25, 0.3) is 5.65 Å². The lowest BCUT2D eigenvalue weighted by Gasteiger charge is -2.42. The normalized spacial score (nSPS) is 16.4. The number of likely N-dealkylation sites (tertiary alicyclic amines) is 1. The zero-order valence-electron chi connectivity index (χ0n) is 18.5. The molecular weight excluding hydrogens is 480 g/mol. The number of amides is 1. The Labute approximate surface area is 195 Å². The molecule has 1 amide bonds. The molecule has 0 radical (unpaired) electrons. The minimum Gasteiger partial charge on any atom is -0.453 e. The average Bonchev–Trinajstić information content (AvgIpc) is 3.28. The highest BCUT2D eigenvalue weighted by atomic mass is 19.4. The molecule has 0 bridgehead atoms. The number of anilines is 1. The van der Waals surface area contributed by atoms with E-state index < -0.39 is 40.9 Å². The molecule has 7 nitrogen and oxygen atoms in total. The molecule has 3 heterocycles. The Morgan fingerprint density at radius 1 is 1.03 bits per heavy atom. The Morgan fingerprint density at radius 3 is 2.23 bits per heavy atom. The first kappa shape index (κ1) is 24.6. The number of nitrogens with zero attached hydrogens (tertiary/aromatic N) is 4. The SMILES string of the molecule is COC(=O)N1CCC(CNc2cc(C(F)(F)F)nc3cc(C(F)(F)F)nn23)(c2ccccc2)CC1. The molecule has 35 heavy (non-hydrogen) atoms. The van der Waals surface area contributed by atoms with Gasteiger partial charge in [0.1, 0.15) is 5.82 Å². The third-order valence-electron chi connectivity index (χ3n) is 6.16. The van der Waals surface area contributed by atoms with Gasteiger partial charge in [-0.05, 0) is 18.4 Å². The Morgan fingerprint density at radius 2 is 1.66 bits per heavy atom. The van der Waals surface area contributed by atoms with Gasteiger partial charge in [0.25, 0.3) is 0 Å². The van der Waals surface area contributed by atoms with Crippen molar-refractivity contribution in [3.8, 4) is 0 Å². The van der Waals surface area contributed by atoms with Crippen molar-refractivity contribution in [2.24, 2.45) is 0 Å². The van der Waals surface area contributed by atoms with Crippen LogP contribution in [0, 0.1) is 0 Å². The maximum atomic E-state index is 13.4. The van der Waals surface area contributed by atoms with Gasteiger partial charge in [-0.1, -0.05) is 30.3 Å². The zero-order valence-corrected chi connectivity index (χ0v) is 18.5. The van der Waals surface area contributed by atoms with Gasteiger partial charge >= 0.3 is 18.4 Å². The summed E-state index contributed by atoms with van der Waals surface area (Å²) in [4.78, 5) is 16.8. The Bertz CT molecular complexity index is 1200. The zero-order chi connectivity index (χ0) is 25.4. The highest BCUT2D eigenvalue weighted by Gasteiger charge is 2.40. The first-order valence-corrected chi connectivity index (χ1v) is 10.6. The first-order chi connectivity index (χ1) is 16.4. The number of alkyl halides is 6. The van der Waals surface area contributed by atoms with Crippen LogP contribution in [0.4, 0.5) is 37.0 Å². The van der Waals surface area contributed by atoms with E-state index in [2.05, 4.69) is 15.4 Å². The van der Waals surface area contributed by atoms with Crippen LogP contribution >= 0.6 is 0 Å². The molecule has 4 rings (SSSR count). The van der Waals surface area contributed by atoms with Gasteiger partial charge in [-0.3, -0.25) is 0 Å². The van der Waals surface area contributed by atoms with Gasteiger partial charge in [0, 0.05) is 37.2 Å². The summed E-state index contributed by atoms with van der Waals surface area (Å²) >= 11 is 0. The molecule has 1 fully saturated rings. The van der Waals surface area contributed by atoms with Crippen LogP contribution in [0.3, 0.4) is 0 Å². The van der Waals surface area contributed by atoms with Gasteiger partial charge in [0.05, 0.1) is 7.11 Å². The van der Waals surface area contributed by atoms with E-state index in [1.807, 2.05) is 30.3 Å².